The summed E-state index contributed by atoms with van der Waals surface area (Å²) in [7, 11) is -2.04. The minimum absolute atomic E-state index is 0.0132. The van der Waals surface area contributed by atoms with Gasteiger partial charge in [-0.05, 0) is 13.0 Å². The third kappa shape index (κ3) is 3.24. The first kappa shape index (κ1) is 14.1. The Labute approximate surface area is 101 Å². The van der Waals surface area contributed by atoms with Crippen molar-refractivity contribution in [2.75, 3.05) is 13.6 Å². The molecular formula is C11H17FN2O2S. The van der Waals surface area contributed by atoms with E-state index in [1.807, 2.05) is 0 Å². The number of hydrogen-bond acceptors (Lipinski definition) is 3. The summed E-state index contributed by atoms with van der Waals surface area (Å²) in [6, 6.07) is 6.11. The van der Waals surface area contributed by atoms with Gasteiger partial charge < -0.3 is 5.73 Å². The molecule has 0 saturated heterocycles. The first-order valence-corrected chi connectivity index (χ1v) is 6.78. The molecule has 0 spiro atoms. The standard InChI is InChI=1S/C11H17FN2O2S/c1-9(7-13)17(15,16)14(2)8-10-5-3-4-6-11(10)12/h3-6,9H,7-8,13H2,1-2H3. The summed E-state index contributed by atoms with van der Waals surface area (Å²) >= 11 is 0. The molecule has 0 aromatic heterocycles. The topological polar surface area (TPSA) is 63.4 Å². The molecule has 0 radical (unpaired) electrons. The molecule has 1 rings (SSSR count). The Morgan fingerprint density at radius 1 is 1.41 bits per heavy atom. The summed E-state index contributed by atoms with van der Waals surface area (Å²) in [5.41, 5.74) is 5.69. The zero-order valence-corrected chi connectivity index (χ0v) is 10.7. The molecule has 1 aromatic rings. The van der Waals surface area contributed by atoms with Gasteiger partial charge in [0.25, 0.3) is 0 Å². The number of sulfonamides is 1. The van der Waals surface area contributed by atoms with Gasteiger partial charge in [-0.2, -0.15) is 0 Å². The van der Waals surface area contributed by atoms with Crippen molar-refractivity contribution in [2.24, 2.45) is 5.73 Å². The van der Waals surface area contributed by atoms with Gasteiger partial charge in [0.2, 0.25) is 10.0 Å². The molecule has 1 atom stereocenters. The van der Waals surface area contributed by atoms with Gasteiger partial charge in [0.1, 0.15) is 5.82 Å². The average molecular weight is 260 g/mol. The van der Waals surface area contributed by atoms with Crippen LogP contribution in [0, 0.1) is 5.82 Å². The van der Waals surface area contributed by atoms with Crippen LogP contribution in [0.4, 0.5) is 4.39 Å². The minimum Gasteiger partial charge on any atom is -0.329 e. The Bertz CT molecular complexity index is 476. The number of rotatable bonds is 5. The smallest absolute Gasteiger partial charge is 0.218 e. The highest BCUT2D eigenvalue weighted by atomic mass is 32.2. The maximum Gasteiger partial charge on any atom is 0.218 e. The van der Waals surface area contributed by atoms with E-state index in [0.29, 0.717) is 5.56 Å². The molecule has 0 saturated carbocycles. The molecule has 0 fully saturated rings. The molecular weight excluding hydrogens is 243 g/mol. The van der Waals surface area contributed by atoms with Gasteiger partial charge in [0, 0.05) is 25.7 Å². The summed E-state index contributed by atoms with van der Waals surface area (Å²) in [6.07, 6.45) is 0. The van der Waals surface area contributed by atoms with Crippen LogP contribution in [0.3, 0.4) is 0 Å². The molecule has 2 N–H and O–H groups in total. The van der Waals surface area contributed by atoms with Crippen molar-refractivity contribution in [1.82, 2.24) is 4.31 Å². The van der Waals surface area contributed by atoms with E-state index in [0.717, 1.165) is 4.31 Å². The van der Waals surface area contributed by atoms with Crippen LogP contribution in [0.1, 0.15) is 12.5 Å². The van der Waals surface area contributed by atoms with Crippen molar-refractivity contribution < 1.29 is 12.8 Å². The second kappa shape index (κ2) is 5.57. The predicted molar refractivity (Wildman–Crippen MR) is 65.3 cm³/mol. The summed E-state index contributed by atoms with van der Waals surface area (Å²) in [5, 5.41) is -0.667. The fourth-order valence-electron chi connectivity index (χ4n) is 1.39. The number of nitrogens with two attached hydrogens (primary N) is 1. The van der Waals surface area contributed by atoms with Crippen molar-refractivity contribution in [1.29, 1.82) is 0 Å². The van der Waals surface area contributed by atoms with E-state index >= 15 is 0 Å². The lowest BCUT2D eigenvalue weighted by molar-refractivity contribution is 0.448. The lowest BCUT2D eigenvalue weighted by Gasteiger charge is -2.21. The van der Waals surface area contributed by atoms with Crippen LogP contribution >= 0.6 is 0 Å². The van der Waals surface area contributed by atoms with Crippen LogP contribution in [0.2, 0.25) is 0 Å². The van der Waals surface area contributed by atoms with Crippen molar-refractivity contribution >= 4 is 10.0 Å². The zero-order valence-electron chi connectivity index (χ0n) is 9.93. The third-order valence-electron chi connectivity index (χ3n) is 2.63. The van der Waals surface area contributed by atoms with E-state index in [-0.39, 0.29) is 13.1 Å². The highest BCUT2D eigenvalue weighted by Gasteiger charge is 2.25. The van der Waals surface area contributed by atoms with Crippen LogP contribution in [-0.4, -0.2) is 31.6 Å². The van der Waals surface area contributed by atoms with Crippen LogP contribution in [0.5, 0.6) is 0 Å². The van der Waals surface area contributed by atoms with E-state index in [1.54, 1.807) is 18.2 Å². The second-order valence-electron chi connectivity index (χ2n) is 3.94. The second-order valence-corrected chi connectivity index (χ2v) is 6.40. The molecule has 1 unspecified atom stereocenters. The first-order chi connectivity index (χ1) is 7.89. The maximum absolute atomic E-state index is 13.4. The Hall–Kier alpha value is -0.980. The molecule has 0 amide bonds. The zero-order chi connectivity index (χ0) is 13.1. The van der Waals surface area contributed by atoms with Crippen LogP contribution in [-0.2, 0) is 16.6 Å². The van der Waals surface area contributed by atoms with Crippen LogP contribution in [0.15, 0.2) is 24.3 Å². The molecule has 0 aliphatic carbocycles. The van der Waals surface area contributed by atoms with E-state index < -0.39 is 21.1 Å². The monoisotopic (exact) mass is 260 g/mol. The van der Waals surface area contributed by atoms with Crippen molar-refractivity contribution in [3.63, 3.8) is 0 Å². The largest absolute Gasteiger partial charge is 0.329 e. The van der Waals surface area contributed by atoms with Gasteiger partial charge in [-0.15, -0.1) is 0 Å². The van der Waals surface area contributed by atoms with Crippen LogP contribution in [0.25, 0.3) is 0 Å². The summed E-state index contributed by atoms with van der Waals surface area (Å²) in [5.74, 6) is -0.407. The summed E-state index contributed by atoms with van der Waals surface area (Å²) < 4.78 is 38.3. The minimum atomic E-state index is -3.46. The quantitative estimate of drug-likeness (QED) is 0.856. The molecule has 0 aliphatic heterocycles. The Morgan fingerprint density at radius 3 is 2.53 bits per heavy atom. The Balaban J connectivity index is 2.87. The van der Waals surface area contributed by atoms with Gasteiger partial charge in [-0.3, -0.25) is 0 Å². The number of hydrogen-bond donors (Lipinski definition) is 1. The van der Waals surface area contributed by atoms with E-state index in [1.165, 1.54) is 20.0 Å². The SMILES string of the molecule is CC(CN)S(=O)(=O)N(C)Cc1ccccc1F. The van der Waals surface area contributed by atoms with E-state index in [9.17, 15) is 12.8 Å². The van der Waals surface area contributed by atoms with Crippen molar-refractivity contribution in [2.45, 2.75) is 18.7 Å². The highest BCUT2D eigenvalue weighted by Crippen LogP contribution is 2.13. The Morgan fingerprint density at radius 2 is 2.00 bits per heavy atom. The normalized spacial score (nSPS) is 13.9. The maximum atomic E-state index is 13.4. The van der Waals surface area contributed by atoms with Crippen LogP contribution < -0.4 is 5.73 Å². The average Bonchev–Trinajstić information content (AvgIpc) is 2.30. The fraction of sp³-hybridized carbons (Fsp3) is 0.455. The molecule has 0 bridgehead atoms. The third-order valence-corrected chi connectivity index (χ3v) is 4.83. The number of halogens is 1. The molecule has 0 aliphatic rings. The lowest BCUT2D eigenvalue weighted by atomic mass is 10.2. The first-order valence-electron chi connectivity index (χ1n) is 5.28. The summed E-state index contributed by atoms with van der Waals surface area (Å²) in [6.45, 7) is 1.59. The summed E-state index contributed by atoms with van der Waals surface area (Å²) in [4.78, 5) is 0. The van der Waals surface area contributed by atoms with Crippen molar-refractivity contribution in [3.05, 3.63) is 35.6 Å². The Kier molecular flexibility index (Phi) is 4.62. The molecule has 0 heterocycles. The number of benzene rings is 1. The van der Waals surface area contributed by atoms with Gasteiger partial charge in [-0.1, -0.05) is 18.2 Å². The van der Waals surface area contributed by atoms with Gasteiger partial charge >= 0.3 is 0 Å². The molecule has 4 nitrogen and oxygen atoms in total. The van der Waals surface area contributed by atoms with Gasteiger partial charge in [0.15, 0.2) is 0 Å². The van der Waals surface area contributed by atoms with Gasteiger partial charge in [0.05, 0.1) is 5.25 Å². The number of nitrogens with zero attached hydrogens (tertiary/aromatic N) is 1. The van der Waals surface area contributed by atoms with Crippen molar-refractivity contribution in [3.8, 4) is 0 Å². The predicted octanol–water partition coefficient (Wildman–Crippen LogP) is 0.935. The lowest BCUT2D eigenvalue weighted by Crippen LogP contribution is -2.38. The van der Waals surface area contributed by atoms with Gasteiger partial charge in [-0.25, -0.2) is 17.1 Å². The van der Waals surface area contributed by atoms with E-state index in [4.69, 9.17) is 5.73 Å². The highest BCUT2D eigenvalue weighted by molar-refractivity contribution is 7.89. The fourth-order valence-corrected chi connectivity index (χ4v) is 2.56. The molecule has 17 heavy (non-hydrogen) atoms. The molecule has 6 heteroatoms. The van der Waals surface area contributed by atoms with E-state index in [2.05, 4.69) is 0 Å². The molecule has 96 valence electrons. The molecule has 1 aromatic carbocycles.